The van der Waals surface area contributed by atoms with Gasteiger partial charge < -0.3 is 15.6 Å². The second-order valence-corrected chi connectivity index (χ2v) is 5.57. The van der Waals surface area contributed by atoms with E-state index < -0.39 is 0 Å². The van der Waals surface area contributed by atoms with Crippen LogP contribution < -0.4 is 11.1 Å². The molecule has 0 radical (unpaired) electrons. The third-order valence-electron chi connectivity index (χ3n) is 3.76. The molecular weight excluding hydrogens is 305 g/mol. The summed E-state index contributed by atoms with van der Waals surface area (Å²) in [6.07, 6.45) is 1.83. The van der Waals surface area contributed by atoms with Crippen molar-refractivity contribution in [2.75, 3.05) is 5.73 Å². The number of carbonyl (C=O) groups is 1. The number of amides is 1. The Morgan fingerprint density at radius 2 is 1.67 bits per heavy atom. The number of nitrogens with zero attached hydrogens (tertiary/aromatic N) is 1. The quantitative estimate of drug-likeness (QED) is 0.709. The highest BCUT2D eigenvalue weighted by atomic mass is 19.1. The van der Waals surface area contributed by atoms with E-state index in [1.54, 1.807) is 30.3 Å². The van der Waals surface area contributed by atoms with Crippen LogP contribution in [0.4, 0.5) is 10.1 Å². The van der Waals surface area contributed by atoms with Gasteiger partial charge in [-0.25, -0.2) is 4.39 Å². The molecule has 0 aliphatic carbocycles. The number of halogens is 1. The van der Waals surface area contributed by atoms with E-state index in [2.05, 4.69) is 5.32 Å². The van der Waals surface area contributed by atoms with Crippen molar-refractivity contribution in [1.82, 2.24) is 9.88 Å². The van der Waals surface area contributed by atoms with E-state index in [0.29, 0.717) is 24.5 Å². The second-order valence-electron chi connectivity index (χ2n) is 5.57. The van der Waals surface area contributed by atoms with Gasteiger partial charge in [0, 0.05) is 25.0 Å². The molecule has 0 unspecified atom stereocenters. The Balaban J connectivity index is 1.66. The Morgan fingerprint density at radius 3 is 2.38 bits per heavy atom. The van der Waals surface area contributed by atoms with Crippen molar-refractivity contribution in [2.24, 2.45) is 0 Å². The average Bonchev–Trinajstić information content (AvgIpc) is 3.04. The summed E-state index contributed by atoms with van der Waals surface area (Å²) in [6.45, 7) is 0.943. The first-order chi connectivity index (χ1) is 11.6. The minimum absolute atomic E-state index is 0.154. The summed E-state index contributed by atoms with van der Waals surface area (Å²) < 4.78 is 14.8. The topological polar surface area (TPSA) is 60.0 Å². The van der Waals surface area contributed by atoms with Gasteiger partial charge in [0.1, 0.15) is 11.5 Å². The van der Waals surface area contributed by atoms with Gasteiger partial charge in [-0.1, -0.05) is 24.3 Å². The monoisotopic (exact) mass is 323 g/mol. The zero-order valence-corrected chi connectivity index (χ0v) is 13.1. The lowest BCUT2D eigenvalue weighted by Crippen LogP contribution is -2.25. The molecule has 0 spiro atoms. The van der Waals surface area contributed by atoms with Gasteiger partial charge >= 0.3 is 0 Å². The van der Waals surface area contributed by atoms with Crippen molar-refractivity contribution < 1.29 is 9.18 Å². The summed E-state index contributed by atoms with van der Waals surface area (Å²) in [4.78, 5) is 12.4. The maximum Gasteiger partial charge on any atom is 0.268 e. The summed E-state index contributed by atoms with van der Waals surface area (Å²) in [7, 11) is 0. The number of hydrogen-bond donors (Lipinski definition) is 2. The van der Waals surface area contributed by atoms with Crippen LogP contribution in [-0.4, -0.2) is 10.5 Å². The van der Waals surface area contributed by atoms with Crippen LogP contribution in [0, 0.1) is 5.82 Å². The van der Waals surface area contributed by atoms with Crippen LogP contribution in [0.15, 0.2) is 66.9 Å². The van der Waals surface area contributed by atoms with E-state index in [1.165, 1.54) is 12.1 Å². The van der Waals surface area contributed by atoms with Crippen LogP contribution in [0.5, 0.6) is 0 Å². The number of nitrogen functional groups attached to an aromatic ring is 1. The molecule has 0 fully saturated rings. The number of carbonyl (C=O) groups excluding carboxylic acids is 1. The molecule has 1 aromatic heterocycles. The molecule has 1 heterocycles. The molecule has 24 heavy (non-hydrogen) atoms. The number of rotatable bonds is 5. The molecule has 0 bridgehead atoms. The van der Waals surface area contributed by atoms with Gasteiger partial charge in [-0.15, -0.1) is 0 Å². The number of nitrogens with one attached hydrogen (secondary N) is 1. The maximum absolute atomic E-state index is 13.0. The first-order valence-corrected chi connectivity index (χ1v) is 7.64. The van der Waals surface area contributed by atoms with Crippen LogP contribution >= 0.6 is 0 Å². The molecule has 0 saturated heterocycles. The van der Waals surface area contributed by atoms with Crippen molar-refractivity contribution in [1.29, 1.82) is 0 Å². The molecular formula is C19H18FN3O. The highest BCUT2D eigenvalue weighted by molar-refractivity contribution is 5.92. The van der Waals surface area contributed by atoms with Gasteiger partial charge in [0.25, 0.3) is 5.91 Å². The summed E-state index contributed by atoms with van der Waals surface area (Å²) in [5.41, 5.74) is 8.82. The third kappa shape index (κ3) is 3.81. The van der Waals surface area contributed by atoms with E-state index in [4.69, 9.17) is 5.73 Å². The van der Waals surface area contributed by atoms with Crippen molar-refractivity contribution in [3.05, 3.63) is 89.5 Å². The Kier molecular flexibility index (Phi) is 4.61. The highest BCUT2D eigenvalue weighted by Gasteiger charge is 2.11. The van der Waals surface area contributed by atoms with Crippen LogP contribution in [0.25, 0.3) is 0 Å². The predicted octanol–water partition coefficient (Wildman–Crippen LogP) is 3.19. The molecule has 3 rings (SSSR count). The lowest BCUT2D eigenvalue weighted by molar-refractivity contribution is 0.0942. The fourth-order valence-electron chi connectivity index (χ4n) is 2.45. The van der Waals surface area contributed by atoms with Crippen molar-refractivity contribution >= 4 is 11.6 Å². The molecule has 0 saturated carbocycles. The lowest BCUT2D eigenvalue weighted by atomic mass is 10.2. The number of benzene rings is 2. The normalized spacial score (nSPS) is 10.5. The molecule has 0 aliphatic rings. The van der Waals surface area contributed by atoms with Crippen LogP contribution in [-0.2, 0) is 13.1 Å². The van der Waals surface area contributed by atoms with Crippen LogP contribution in [0.2, 0.25) is 0 Å². The summed E-state index contributed by atoms with van der Waals surface area (Å²) in [6, 6.07) is 17.2. The van der Waals surface area contributed by atoms with Gasteiger partial charge in [0.2, 0.25) is 0 Å². The molecule has 122 valence electrons. The fraction of sp³-hybridized carbons (Fsp3) is 0.105. The lowest BCUT2D eigenvalue weighted by Gasteiger charge is -2.10. The summed E-state index contributed by atoms with van der Waals surface area (Å²) >= 11 is 0. The van der Waals surface area contributed by atoms with E-state index in [9.17, 15) is 9.18 Å². The fourth-order valence-corrected chi connectivity index (χ4v) is 2.45. The molecule has 3 aromatic rings. The van der Waals surface area contributed by atoms with Crippen molar-refractivity contribution in [2.45, 2.75) is 13.1 Å². The first kappa shape index (κ1) is 15.8. The van der Waals surface area contributed by atoms with Crippen LogP contribution in [0.3, 0.4) is 0 Å². The van der Waals surface area contributed by atoms with Gasteiger partial charge in [-0.3, -0.25) is 4.79 Å². The maximum atomic E-state index is 13.0. The standard InChI is InChI=1S/C19H18FN3O/c20-16-7-3-15(4-8-16)13-23-11-1-2-18(23)19(24)22-12-14-5-9-17(21)10-6-14/h1-11H,12-13,21H2,(H,22,24). The molecule has 0 aliphatic heterocycles. The van der Waals surface area contributed by atoms with E-state index in [0.717, 1.165) is 11.1 Å². The number of hydrogen-bond acceptors (Lipinski definition) is 2. The Bertz CT molecular complexity index is 823. The second kappa shape index (κ2) is 7.00. The summed E-state index contributed by atoms with van der Waals surface area (Å²) in [5, 5.41) is 2.90. The zero-order valence-electron chi connectivity index (χ0n) is 13.1. The van der Waals surface area contributed by atoms with Crippen molar-refractivity contribution in [3.8, 4) is 0 Å². The van der Waals surface area contributed by atoms with Gasteiger partial charge in [-0.2, -0.15) is 0 Å². The molecule has 1 amide bonds. The van der Waals surface area contributed by atoms with E-state index in [1.807, 2.05) is 29.0 Å². The van der Waals surface area contributed by atoms with Gasteiger partial charge in [0.15, 0.2) is 0 Å². The highest BCUT2D eigenvalue weighted by Crippen LogP contribution is 2.10. The minimum Gasteiger partial charge on any atom is -0.399 e. The SMILES string of the molecule is Nc1ccc(CNC(=O)c2cccn2Cc2ccc(F)cc2)cc1. The van der Waals surface area contributed by atoms with Gasteiger partial charge in [0.05, 0.1) is 0 Å². The molecule has 4 nitrogen and oxygen atoms in total. The smallest absolute Gasteiger partial charge is 0.268 e. The third-order valence-corrected chi connectivity index (χ3v) is 3.76. The predicted molar refractivity (Wildman–Crippen MR) is 92.0 cm³/mol. The zero-order chi connectivity index (χ0) is 16.9. The Labute approximate surface area is 139 Å². The van der Waals surface area contributed by atoms with E-state index >= 15 is 0 Å². The number of nitrogens with two attached hydrogens (primary N) is 1. The Hall–Kier alpha value is -3.08. The Morgan fingerprint density at radius 1 is 1.00 bits per heavy atom. The minimum atomic E-state index is -0.271. The van der Waals surface area contributed by atoms with Gasteiger partial charge in [-0.05, 0) is 47.5 Å². The summed E-state index contributed by atoms with van der Waals surface area (Å²) in [5.74, 6) is -0.424. The number of aromatic nitrogens is 1. The first-order valence-electron chi connectivity index (χ1n) is 7.64. The molecule has 2 aromatic carbocycles. The molecule has 3 N–H and O–H groups in total. The molecule has 5 heteroatoms. The molecule has 0 atom stereocenters. The largest absolute Gasteiger partial charge is 0.399 e. The van der Waals surface area contributed by atoms with Crippen molar-refractivity contribution in [3.63, 3.8) is 0 Å². The van der Waals surface area contributed by atoms with Crippen LogP contribution in [0.1, 0.15) is 21.6 Å². The number of anilines is 1. The van der Waals surface area contributed by atoms with E-state index in [-0.39, 0.29) is 11.7 Å². The average molecular weight is 323 g/mol.